The molecule has 0 amide bonds. The number of hydrogen-bond acceptors (Lipinski definition) is 1. The van der Waals surface area contributed by atoms with Gasteiger partial charge in [-0.2, -0.15) is 5.10 Å². The summed E-state index contributed by atoms with van der Waals surface area (Å²) < 4.78 is 1.89. The Labute approximate surface area is 114 Å². The van der Waals surface area contributed by atoms with Crippen LogP contribution in [0.4, 0.5) is 0 Å². The van der Waals surface area contributed by atoms with Crippen LogP contribution in [0.25, 0.3) is 0 Å². The molecule has 1 aromatic heterocycles. The van der Waals surface area contributed by atoms with E-state index in [1.54, 1.807) is 0 Å². The summed E-state index contributed by atoms with van der Waals surface area (Å²) in [7, 11) is 0. The molecule has 1 rings (SSSR count). The van der Waals surface area contributed by atoms with Crippen molar-refractivity contribution in [3.8, 4) is 0 Å². The Hall–Kier alpha value is -0.210. The summed E-state index contributed by atoms with van der Waals surface area (Å²) in [4.78, 5) is 0. The first-order valence-electron chi connectivity index (χ1n) is 6.09. The Morgan fingerprint density at radius 3 is 2.24 bits per heavy atom. The predicted octanol–water partition coefficient (Wildman–Crippen LogP) is 4.62. The van der Waals surface area contributed by atoms with E-state index in [2.05, 4.69) is 39.7 Å². The van der Waals surface area contributed by atoms with Crippen LogP contribution in [0.3, 0.4) is 0 Å². The average Bonchev–Trinajstić information content (AvgIpc) is 2.51. The topological polar surface area (TPSA) is 17.8 Å². The maximum absolute atomic E-state index is 6.34. The van der Waals surface area contributed by atoms with E-state index in [-0.39, 0.29) is 5.41 Å². The fraction of sp³-hybridized carbons (Fsp3) is 0.769. The van der Waals surface area contributed by atoms with Crippen molar-refractivity contribution >= 4 is 23.2 Å². The van der Waals surface area contributed by atoms with Crippen LogP contribution in [0.1, 0.15) is 52.3 Å². The first-order valence-corrected chi connectivity index (χ1v) is 7.00. The van der Waals surface area contributed by atoms with Crippen LogP contribution in [-0.2, 0) is 17.8 Å². The molecule has 0 aliphatic carbocycles. The van der Waals surface area contributed by atoms with Gasteiger partial charge in [0.25, 0.3) is 0 Å². The lowest BCUT2D eigenvalue weighted by atomic mass is 9.90. The minimum atomic E-state index is -0.0169. The summed E-state index contributed by atoms with van der Waals surface area (Å²) in [6, 6.07) is 0. The highest BCUT2D eigenvalue weighted by molar-refractivity contribution is 6.31. The van der Waals surface area contributed by atoms with Crippen molar-refractivity contribution < 1.29 is 0 Å². The van der Waals surface area contributed by atoms with Gasteiger partial charge in [0.05, 0.1) is 11.6 Å². The van der Waals surface area contributed by atoms with E-state index in [1.165, 1.54) is 0 Å². The highest BCUT2D eigenvalue weighted by Gasteiger charge is 2.25. The SMILES string of the molecule is CC(C)CCn1nc(C(C)(C)C)c(CCl)c1Cl. The molecular formula is C13H22Cl2N2. The minimum absolute atomic E-state index is 0.0169. The number of halogens is 2. The predicted molar refractivity (Wildman–Crippen MR) is 74.9 cm³/mol. The number of hydrogen-bond donors (Lipinski definition) is 0. The molecule has 0 N–H and O–H groups in total. The lowest BCUT2D eigenvalue weighted by molar-refractivity contribution is 0.472. The van der Waals surface area contributed by atoms with Crippen molar-refractivity contribution in [2.45, 2.75) is 58.9 Å². The van der Waals surface area contributed by atoms with Gasteiger partial charge in [-0.05, 0) is 12.3 Å². The van der Waals surface area contributed by atoms with Crippen molar-refractivity contribution in [1.82, 2.24) is 9.78 Å². The Kier molecular flexibility index (Phi) is 4.91. The van der Waals surface area contributed by atoms with Gasteiger partial charge in [-0.15, -0.1) is 11.6 Å². The highest BCUT2D eigenvalue weighted by Crippen LogP contribution is 2.31. The molecule has 2 nitrogen and oxygen atoms in total. The van der Waals surface area contributed by atoms with Crippen LogP contribution in [0.5, 0.6) is 0 Å². The Bertz CT molecular complexity index is 376. The van der Waals surface area contributed by atoms with Crippen LogP contribution in [0.2, 0.25) is 5.15 Å². The quantitative estimate of drug-likeness (QED) is 0.734. The van der Waals surface area contributed by atoms with Gasteiger partial charge < -0.3 is 0 Å². The Morgan fingerprint density at radius 2 is 1.88 bits per heavy atom. The largest absolute Gasteiger partial charge is 0.253 e. The second kappa shape index (κ2) is 5.62. The molecule has 0 saturated heterocycles. The molecule has 17 heavy (non-hydrogen) atoms. The lowest BCUT2D eigenvalue weighted by Crippen LogP contribution is -2.15. The van der Waals surface area contributed by atoms with Crippen LogP contribution in [0, 0.1) is 5.92 Å². The number of aromatic nitrogens is 2. The van der Waals surface area contributed by atoms with Crippen LogP contribution >= 0.6 is 23.2 Å². The maximum atomic E-state index is 6.34. The first-order chi connectivity index (χ1) is 7.77. The molecule has 0 radical (unpaired) electrons. The van der Waals surface area contributed by atoms with Gasteiger partial charge in [0.1, 0.15) is 5.15 Å². The molecule has 0 aliphatic rings. The third-order valence-electron chi connectivity index (χ3n) is 2.74. The lowest BCUT2D eigenvalue weighted by Gasteiger charge is -2.16. The van der Waals surface area contributed by atoms with Crippen LogP contribution < -0.4 is 0 Å². The van der Waals surface area contributed by atoms with Gasteiger partial charge in [0, 0.05) is 17.5 Å². The van der Waals surface area contributed by atoms with Gasteiger partial charge in [-0.25, -0.2) is 0 Å². The highest BCUT2D eigenvalue weighted by atomic mass is 35.5. The molecule has 0 fully saturated rings. The fourth-order valence-electron chi connectivity index (χ4n) is 1.73. The molecule has 0 bridgehead atoms. The maximum Gasteiger partial charge on any atom is 0.131 e. The van der Waals surface area contributed by atoms with Crippen LogP contribution in [-0.4, -0.2) is 9.78 Å². The first kappa shape index (κ1) is 14.8. The Morgan fingerprint density at radius 1 is 1.29 bits per heavy atom. The molecule has 4 heteroatoms. The van der Waals surface area contributed by atoms with Crippen molar-refractivity contribution in [3.63, 3.8) is 0 Å². The number of alkyl halides is 1. The van der Waals surface area contributed by atoms with E-state index in [1.807, 2.05) is 4.68 Å². The molecule has 98 valence electrons. The zero-order chi connectivity index (χ0) is 13.2. The monoisotopic (exact) mass is 276 g/mol. The molecule has 0 aromatic carbocycles. The summed E-state index contributed by atoms with van der Waals surface area (Å²) >= 11 is 12.3. The zero-order valence-electron chi connectivity index (χ0n) is 11.3. The molecule has 0 spiro atoms. The number of nitrogens with zero attached hydrogens (tertiary/aromatic N) is 2. The number of rotatable bonds is 4. The summed E-state index contributed by atoms with van der Waals surface area (Å²) in [5.74, 6) is 1.07. The van der Waals surface area contributed by atoms with E-state index in [0.29, 0.717) is 17.0 Å². The third-order valence-corrected chi connectivity index (χ3v) is 3.43. The summed E-state index contributed by atoms with van der Waals surface area (Å²) in [5, 5.41) is 5.32. The molecular weight excluding hydrogens is 255 g/mol. The van der Waals surface area contributed by atoms with E-state index in [9.17, 15) is 0 Å². The zero-order valence-corrected chi connectivity index (χ0v) is 12.9. The molecule has 0 unspecified atom stereocenters. The average molecular weight is 277 g/mol. The van der Waals surface area contributed by atoms with Crippen LogP contribution in [0.15, 0.2) is 0 Å². The van der Waals surface area contributed by atoms with E-state index in [0.717, 1.165) is 24.2 Å². The Balaban J connectivity index is 3.05. The summed E-state index contributed by atoms with van der Waals surface area (Å²) in [6.45, 7) is 11.7. The van der Waals surface area contributed by atoms with Crippen molar-refractivity contribution in [3.05, 3.63) is 16.4 Å². The fourth-order valence-corrected chi connectivity index (χ4v) is 2.33. The van der Waals surface area contributed by atoms with E-state index < -0.39 is 0 Å². The second-order valence-corrected chi connectivity index (χ2v) is 6.53. The molecule has 0 aliphatic heterocycles. The number of aryl methyl sites for hydroxylation is 1. The molecule has 1 aromatic rings. The van der Waals surface area contributed by atoms with Gasteiger partial charge in [0.2, 0.25) is 0 Å². The van der Waals surface area contributed by atoms with Gasteiger partial charge in [0.15, 0.2) is 0 Å². The van der Waals surface area contributed by atoms with E-state index in [4.69, 9.17) is 23.2 Å². The smallest absolute Gasteiger partial charge is 0.131 e. The minimum Gasteiger partial charge on any atom is -0.253 e. The van der Waals surface area contributed by atoms with E-state index >= 15 is 0 Å². The van der Waals surface area contributed by atoms with Crippen molar-refractivity contribution in [2.24, 2.45) is 5.92 Å². The normalized spacial score (nSPS) is 12.5. The third kappa shape index (κ3) is 3.62. The molecule has 1 heterocycles. The van der Waals surface area contributed by atoms with Crippen molar-refractivity contribution in [2.75, 3.05) is 0 Å². The standard InChI is InChI=1S/C13H22Cl2N2/c1-9(2)6-7-17-12(15)10(8-14)11(16-17)13(3,4)5/h9H,6-8H2,1-5H3. The summed E-state index contributed by atoms with van der Waals surface area (Å²) in [6.07, 6.45) is 1.08. The van der Waals surface area contributed by atoms with Gasteiger partial charge in [-0.3, -0.25) is 4.68 Å². The van der Waals surface area contributed by atoms with Gasteiger partial charge >= 0.3 is 0 Å². The second-order valence-electron chi connectivity index (χ2n) is 5.91. The molecule has 0 saturated carbocycles. The van der Waals surface area contributed by atoms with Gasteiger partial charge in [-0.1, -0.05) is 46.2 Å². The molecule has 0 atom stereocenters. The van der Waals surface area contributed by atoms with Crippen molar-refractivity contribution in [1.29, 1.82) is 0 Å². The summed E-state index contributed by atoms with van der Waals surface area (Å²) in [5.41, 5.74) is 1.97.